The Morgan fingerprint density at radius 1 is 1.43 bits per heavy atom. The van der Waals surface area contributed by atoms with Crippen molar-refractivity contribution in [3.8, 4) is 17.0 Å². The second-order valence-corrected chi connectivity index (χ2v) is 5.34. The molecule has 0 saturated heterocycles. The zero-order valence-corrected chi connectivity index (χ0v) is 12.0. The van der Waals surface area contributed by atoms with Gasteiger partial charge in [0.1, 0.15) is 0 Å². The molecule has 3 rings (SSSR count). The van der Waals surface area contributed by atoms with Crippen LogP contribution in [0.1, 0.15) is 35.9 Å². The average molecular weight is 329 g/mol. The first-order chi connectivity index (χ1) is 10.8. The van der Waals surface area contributed by atoms with Gasteiger partial charge in [-0.1, -0.05) is 0 Å². The largest absolute Gasteiger partial charge is 0.467 e. The van der Waals surface area contributed by atoms with Crippen LogP contribution in [0, 0.1) is 0 Å². The highest BCUT2D eigenvalue weighted by Crippen LogP contribution is 2.38. The summed E-state index contributed by atoms with van der Waals surface area (Å²) >= 11 is 0. The summed E-state index contributed by atoms with van der Waals surface area (Å²) in [5.41, 5.74) is 5.73. The number of alkyl halides is 3. The quantitative estimate of drug-likeness (QED) is 0.914. The Balaban J connectivity index is 1.97. The van der Waals surface area contributed by atoms with Gasteiger partial charge in [0.15, 0.2) is 12.4 Å². The molecule has 2 heterocycles. The molecule has 124 valence electrons. The maximum atomic E-state index is 12.4. The Morgan fingerprint density at radius 3 is 2.74 bits per heavy atom. The highest BCUT2D eigenvalue weighted by atomic mass is 19.4. The van der Waals surface area contributed by atoms with Gasteiger partial charge in [-0.25, -0.2) is 0 Å². The van der Waals surface area contributed by atoms with Crippen LogP contribution in [0.15, 0.2) is 22.9 Å². The van der Waals surface area contributed by atoms with Gasteiger partial charge in [-0.2, -0.15) is 13.2 Å². The fourth-order valence-electron chi connectivity index (χ4n) is 2.37. The molecule has 6 nitrogen and oxygen atoms in total. The van der Waals surface area contributed by atoms with Gasteiger partial charge in [0.2, 0.25) is 5.88 Å². The highest BCUT2D eigenvalue weighted by Gasteiger charge is 2.31. The Kier molecular flexibility index (Phi) is 3.78. The third-order valence-corrected chi connectivity index (χ3v) is 3.70. The highest BCUT2D eigenvalue weighted by molar-refractivity contribution is 5.97. The Labute approximate surface area is 129 Å². The number of halogens is 3. The molecule has 1 saturated carbocycles. The molecule has 0 radical (unpaired) electrons. The third-order valence-electron chi connectivity index (χ3n) is 3.70. The Bertz CT molecular complexity index is 716. The first kappa shape index (κ1) is 15.4. The van der Waals surface area contributed by atoms with E-state index in [0.29, 0.717) is 0 Å². The third kappa shape index (κ3) is 3.17. The molecule has 1 aliphatic carbocycles. The number of aromatic nitrogens is 2. The number of ether oxygens (including phenoxy) is 1. The molecule has 1 amide bonds. The first-order valence-corrected chi connectivity index (χ1v) is 7.01. The Morgan fingerprint density at radius 2 is 2.17 bits per heavy atom. The van der Waals surface area contributed by atoms with Crippen molar-refractivity contribution in [1.29, 1.82) is 0 Å². The van der Waals surface area contributed by atoms with Gasteiger partial charge in [-0.05, 0) is 25.3 Å². The molecular weight excluding hydrogens is 315 g/mol. The predicted molar refractivity (Wildman–Crippen MR) is 72.9 cm³/mol. The molecule has 0 aliphatic heterocycles. The molecule has 0 unspecified atom stereocenters. The van der Waals surface area contributed by atoms with Gasteiger partial charge in [0, 0.05) is 11.8 Å². The van der Waals surface area contributed by atoms with Crippen LogP contribution in [-0.2, 0) is 0 Å². The number of hydrogen-bond acceptors (Lipinski definition) is 4. The van der Waals surface area contributed by atoms with E-state index in [1.807, 2.05) is 0 Å². The number of carbonyl (C=O) groups is 1. The smallest absolute Gasteiger partial charge is 0.422 e. The van der Waals surface area contributed by atoms with Crippen molar-refractivity contribution in [1.82, 2.24) is 9.78 Å². The van der Waals surface area contributed by atoms with Gasteiger partial charge >= 0.3 is 6.18 Å². The van der Waals surface area contributed by atoms with E-state index in [9.17, 15) is 18.0 Å². The molecule has 2 N–H and O–H groups in total. The first-order valence-electron chi connectivity index (χ1n) is 7.01. The molecule has 2 aromatic rings. The number of nitrogens with two attached hydrogens (primary N) is 1. The number of amides is 1. The number of hydrogen-bond donors (Lipinski definition) is 1. The van der Waals surface area contributed by atoms with Crippen LogP contribution in [0.3, 0.4) is 0 Å². The van der Waals surface area contributed by atoms with E-state index in [-0.39, 0.29) is 28.8 Å². The molecule has 23 heavy (non-hydrogen) atoms. The number of furan rings is 1. The van der Waals surface area contributed by atoms with E-state index in [1.54, 1.807) is 10.9 Å². The van der Waals surface area contributed by atoms with E-state index >= 15 is 0 Å². The van der Waals surface area contributed by atoms with E-state index in [4.69, 9.17) is 14.9 Å². The molecule has 1 fully saturated rings. The van der Waals surface area contributed by atoms with Crippen LogP contribution in [0.5, 0.6) is 5.88 Å². The summed E-state index contributed by atoms with van der Waals surface area (Å²) in [5.74, 6) is -1.16. The van der Waals surface area contributed by atoms with Crippen LogP contribution in [0.25, 0.3) is 11.1 Å². The summed E-state index contributed by atoms with van der Waals surface area (Å²) in [4.78, 5) is 11.4. The number of primary amides is 1. The zero-order chi connectivity index (χ0) is 16.6. The fraction of sp³-hybridized carbons (Fsp3) is 0.429. The maximum absolute atomic E-state index is 12.4. The predicted octanol–water partition coefficient (Wildman–Crippen LogP) is 2.91. The lowest BCUT2D eigenvalue weighted by Crippen LogP contribution is -2.20. The zero-order valence-electron chi connectivity index (χ0n) is 12.0. The van der Waals surface area contributed by atoms with Crippen LogP contribution >= 0.6 is 0 Å². The SMILES string of the molecule is NC(=O)c1occc1-c1cn(C2CCC2)nc1OCC(F)(F)F. The van der Waals surface area contributed by atoms with Crippen molar-refractivity contribution in [2.45, 2.75) is 31.5 Å². The second kappa shape index (κ2) is 5.64. The van der Waals surface area contributed by atoms with Crippen molar-refractivity contribution < 1.29 is 27.1 Å². The monoisotopic (exact) mass is 329 g/mol. The molecule has 2 aromatic heterocycles. The number of rotatable bonds is 5. The minimum atomic E-state index is -4.49. The summed E-state index contributed by atoms with van der Waals surface area (Å²) in [6.07, 6.45) is 1.15. The van der Waals surface area contributed by atoms with E-state index in [0.717, 1.165) is 19.3 Å². The van der Waals surface area contributed by atoms with Crippen LogP contribution in [-0.4, -0.2) is 28.5 Å². The lowest BCUT2D eigenvalue weighted by atomic mass is 9.93. The van der Waals surface area contributed by atoms with Crippen molar-refractivity contribution in [2.75, 3.05) is 6.61 Å². The van der Waals surface area contributed by atoms with E-state index in [2.05, 4.69) is 5.10 Å². The molecule has 0 atom stereocenters. The van der Waals surface area contributed by atoms with Crippen molar-refractivity contribution >= 4 is 5.91 Å². The van der Waals surface area contributed by atoms with Crippen molar-refractivity contribution in [3.63, 3.8) is 0 Å². The summed E-state index contributed by atoms with van der Waals surface area (Å²) in [7, 11) is 0. The minimum Gasteiger partial charge on any atom is -0.467 e. The van der Waals surface area contributed by atoms with E-state index in [1.165, 1.54) is 12.3 Å². The van der Waals surface area contributed by atoms with Gasteiger partial charge < -0.3 is 14.9 Å². The van der Waals surface area contributed by atoms with Crippen molar-refractivity contribution in [2.24, 2.45) is 5.73 Å². The van der Waals surface area contributed by atoms with Crippen LogP contribution in [0.2, 0.25) is 0 Å². The van der Waals surface area contributed by atoms with Gasteiger partial charge in [0.05, 0.1) is 17.9 Å². The molecule has 0 bridgehead atoms. The Hall–Kier alpha value is -2.45. The van der Waals surface area contributed by atoms with E-state index < -0.39 is 18.7 Å². The van der Waals surface area contributed by atoms with Crippen molar-refractivity contribution in [3.05, 3.63) is 24.3 Å². The fourth-order valence-corrected chi connectivity index (χ4v) is 2.37. The lowest BCUT2D eigenvalue weighted by Gasteiger charge is -2.25. The van der Waals surface area contributed by atoms with Crippen LogP contribution in [0.4, 0.5) is 13.2 Å². The van der Waals surface area contributed by atoms with Gasteiger partial charge in [0.25, 0.3) is 5.91 Å². The van der Waals surface area contributed by atoms with Crippen LogP contribution < -0.4 is 10.5 Å². The average Bonchev–Trinajstić information content (AvgIpc) is 2.98. The molecule has 1 aliphatic rings. The second-order valence-electron chi connectivity index (χ2n) is 5.34. The molecule has 9 heteroatoms. The molecular formula is C14H14F3N3O3. The maximum Gasteiger partial charge on any atom is 0.422 e. The minimum absolute atomic E-state index is 0.126. The van der Waals surface area contributed by atoms with Gasteiger partial charge in [-0.3, -0.25) is 9.48 Å². The summed E-state index contributed by atoms with van der Waals surface area (Å²) < 4.78 is 48.6. The summed E-state index contributed by atoms with van der Waals surface area (Å²) in [6, 6.07) is 1.57. The van der Waals surface area contributed by atoms with Gasteiger partial charge in [-0.15, -0.1) is 5.10 Å². The summed E-state index contributed by atoms with van der Waals surface area (Å²) in [6.45, 7) is -1.47. The normalized spacial score (nSPS) is 15.4. The number of nitrogens with zero attached hydrogens (tertiary/aromatic N) is 2. The summed E-state index contributed by atoms with van der Waals surface area (Å²) in [5, 5.41) is 4.09. The molecule has 0 spiro atoms. The topological polar surface area (TPSA) is 83.3 Å². The standard InChI is InChI=1S/C14H14F3N3O3/c15-14(16,17)7-23-13-10(6-20(19-13)8-2-1-3-8)9-4-5-22-11(9)12(18)21/h4-6,8H,1-3,7H2,(H2,18,21). The lowest BCUT2D eigenvalue weighted by molar-refractivity contribution is -0.154. The molecule has 0 aromatic carbocycles. The number of carbonyl (C=O) groups excluding carboxylic acids is 1.